The molecule has 0 radical (unpaired) electrons. The van der Waals surface area contributed by atoms with Gasteiger partial charge in [-0.3, -0.25) is 14.0 Å². The SMILES string of the molecule is COC(=O)c1cc(C(=O)c2ncc3ccccn23)ccc1NC(=O)c1ccccc1. The highest BCUT2D eigenvalue weighted by Crippen LogP contribution is 2.22. The number of hydrogen-bond acceptors (Lipinski definition) is 5. The molecule has 148 valence electrons. The number of nitrogens with one attached hydrogen (secondary N) is 1. The molecule has 30 heavy (non-hydrogen) atoms. The van der Waals surface area contributed by atoms with Crippen LogP contribution in [0.3, 0.4) is 0 Å². The fourth-order valence-corrected chi connectivity index (χ4v) is 3.10. The molecular weight excluding hydrogens is 382 g/mol. The number of imidazole rings is 1. The lowest BCUT2D eigenvalue weighted by molar-refractivity contribution is 0.0602. The van der Waals surface area contributed by atoms with Crippen LogP contribution in [0.5, 0.6) is 0 Å². The number of pyridine rings is 1. The number of amides is 1. The number of ether oxygens (including phenoxy) is 1. The summed E-state index contributed by atoms with van der Waals surface area (Å²) >= 11 is 0. The van der Waals surface area contributed by atoms with E-state index in [2.05, 4.69) is 10.3 Å². The number of carbonyl (C=O) groups is 3. The van der Waals surface area contributed by atoms with Crippen molar-refractivity contribution < 1.29 is 19.1 Å². The van der Waals surface area contributed by atoms with E-state index in [4.69, 9.17) is 4.74 Å². The molecule has 0 saturated carbocycles. The van der Waals surface area contributed by atoms with Crippen LogP contribution in [0.2, 0.25) is 0 Å². The molecule has 7 heteroatoms. The second-order valence-electron chi connectivity index (χ2n) is 6.48. The van der Waals surface area contributed by atoms with E-state index in [1.807, 2.05) is 12.1 Å². The molecule has 0 fully saturated rings. The van der Waals surface area contributed by atoms with Gasteiger partial charge in [0, 0.05) is 17.3 Å². The Morgan fingerprint density at radius 1 is 0.933 bits per heavy atom. The summed E-state index contributed by atoms with van der Waals surface area (Å²) in [6, 6.07) is 18.6. The summed E-state index contributed by atoms with van der Waals surface area (Å²) in [5.41, 5.74) is 1.80. The van der Waals surface area contributed by atoms with Crippen LogP contribution in [0, 0.1) is 0 Å². The van der Waals surface area contributed by atoms with Gasteiger partial charge in [-0.05, 0) is 42.5 Å². The van der Waals surface area contributed by atoms with Gasteiger partial charge >= 0.3 is 5.97 Å². The standard InChI is InChI=1S/C23H17N3O4/c1-30-23(29)18-13-16(20(27)21-24-14-17-9-5-6-12-26(17)21)10-11-19(18)25-22(28)15-7-3-2-4-8-15/h2-14H,1H3,(H,25,28). The Kier molecular flexibility index (Phi) is 5.09. The lowest BCUT2D eigenvalue weighted by Gasteiger charge is -2.11. The Morgan fingerprint density at radius 2 is 1.70 bits per heavy atom. The molecule has 0 aliphatic heterocycles. The maximum absolute atomic E-state index is 13.0. The van der Waals surface area contributed by atoms with Crippen LogP contribution in [0.25, 0.3) is 5.52 Å². The first-order chi connectivity index (χ1) is 14.6. The molecule has 2 aromatic carbocycles. The quantitative estimate of drug-likeness (QED) is 0.409. The van der Waals surface area contributed by atoms with E-state index in [1.165, 1.54) is 19.2 Å². The Hall–Kier alpha value is -4.26. The highest BCUT2D eigenvalue weighted by atomic mass is 16.5. The van der Waals surface area contributed by atoms with Gasteiger partial charge in [0.25, 0.3) is 5.91 Å². The molecule has 0 unspecified atom stereocenters. The second kappa shape index (κ2) is 8.00. The molecule has 0 spiro atoms. The molecule has 1 N–H and O–H groups in total. The highest BCUT2D eigenvalue weighted by Gasteiger charge is 2.20. The van der Waals surface area contributed by atoms with Crippen LogP contribution >= 0.6 is 0 Å². The number of carbonyl (C=O) groups excluding carboxylic acids is 3. The van der Waals surface area contributed by atoms with Gasteiger partial charge in [0.15, 0.2) is 5.82 Å². The van der Waals surface area contributed by atoms with E-state index < -0.39 is 5.97 Å². The van der Waals surface area contributed by atoms with Gasteiger partial charge in [-0.15, -0.1) is 0 Å². The number of rotatable bonds is 5. The van der Waals surface area contributed by atoms with Crippen LogP contribution in [0.15, 0.2) is 79.1 Å². The monoisotopic (exact) mass is 399 g/mol. The molecule has 4 rings (SSSR count). The van der Waals surface area contributed by atoms with E-state index in [1.54, 1.807) is 59.3 Å². The third-order valence-corrected chi connectivity index (χ3v) is 4.61. The maximum Gasteiger partial charge on any atom is 0.339 e. The molecule has 0 bridgehead atoms. The summed E-state index contributed by atoms with van der Waals surface area (Å²) in [6.45, 7) is 0. The predicted molar refractivity (Wildman–Crippen MR) is 111 cm³/mol. The number of fused-ring (bicyclic) bond motifs is 1. The summed E-state index contributed by atoms with van der Waals surface area (Å²) in [4.78, 5) is 42.0. The summed E-state index contributed by atoms with van der Waals surface area (Å²) in [5, 5.41) is 2.70. The zero-order valence-electron chi connectivity index (χ0n) is 16.0. The third kappa shape index (κ3) is 3.56. The Balaban J connectivity index is 1.70. The van der Waals surface area contributed by atoms with E-state index in [9.17, 15) is 14.4 Å². The maximum atomic E-state index is 13.0. The Bertz CT molecular complexity index is 1260. The van der Waals surface area contributed by atoms with Crippen molar-refractivity contribution in [1.29, 1.82) is 0 Å². The van der Waals surface area contributed by atoms with Crippen LogP contribution in [0.1, 0.15) is 36.9 Å². The lowest BCUT2D eigenvalue weighted by Crippen LogP contribution is -2.16. The van der Waals surface area contributed by atoms with Crippen molar-refractivity contribution in [2.24, 2.45) is 0 Å². The first-order valence-corrected chi connectivity index (χ1v) is 9.14. The van der Waals surface area contributed by atoms with Gasteiger partial charge < -0.3 is 10.1 Å². The summed E-state index contributed by atoms with van der Waals surface area (Å²) in [6.07, 6.45) is 3.34. The summed E-state index contributed by atoms with van der Waals surface area (Å²) in [7, 11) is 1.24. The Morgan fingerprint density at radius 3 is 2.47 bits per heavy atom. The van der Waals surface area contributed by atoms with E-state index in [-0.39, 0.29) is 34.3 Å². The number of anilines is 1. The summed E-state index contributed by atoms with van der Waals surface area (Å²) < 4.78 is 6.51. The molecule has 0 aliphatic rings. The Labute approximate surface area is 171 Å². The zero-order chi connectivity index (χ0) is 21.1. The molecular formula is C23H17N3O4. The minimum atomic E-state index is -0.666. The van der Waals surface area contributed by atoms with Gasteiger partial charge in [0.2, 0.25) is 5.78 Å². The largest absolute Gasteiger partial charge is 0.465 e. The van der Waals surface area contributed by atoms with Gasteiger partial charge in [-0.2, -0.15) is 0 Å². The number of hydrogen-bond donors (Lipinski definition) is 1. The normalized spacial score (nSPS) is 10.6. The lowest BCUT2D eigenvalue weighted by atomic mass is 10.0. The fourth-order valence-electron chi connectivity index (χ4n) is 3.10. The molecule has 2 aromatic heterocycles. The van der Waals surface area contributed by atoms with Gasteiger partial charge in [-0.1, -0.05) is 24.3 Å². The molecule has 0 atom stereocenters. The van der Waals surface area contributed by atoms with E-state index >= 15 is 0 Å². The third-order valence-electron chi connectivity index (χ3n) is 4.61. The van der Waals surface area contributed by atoms with Crippen LogP contribution in [0.4, 0.5) is 5.69 Å². The average Bonchev–Trinajstić information content (AvgIpc) is 3.23. The molecule has 2 heterocycles. The first-order valence-electron chi connectivity index (χ1n) is 9.14. The number of esters is 1. The van der Waals surface area contributed by atoms with Crippen molar-refractivity contribution in [3.05, 3.63) is 102 Å². The van der Waals surface area contributed by atoms with Crippen LogP contribution in [-0.4, -0.2) is 34.2 Å². The van der Waals surface area contributed by atoms with Crippen molar-refractivity contribution in [3.63, 3.8) is 0 Å². The van der Waals surface area contributed by atoms with Crippen LogP contribution in [-0.2, 0) is 4.74 Å². The van der Waals surface area contributed by atoms with Gasteiger partial charge in [0.1, 0.15) is 0 Å². The van der Waals surface area contributed by atoms with E-state index in [0.29, 0.717) is 5.56 Å². The smallest absolute Gasteiger partial charge is 0.339 e. The minimum Gasteiger partial charge on any atom is -0.465 e. The number of methoxy groups -OCH3 is 1. The number of benzene rings is 2. The van der Waals surface area contributed by atoms with Crippen molar-refractivity contribution in [3.8, 4) is 0 Å². The zero-order valence-corrected chi connectivity index (χ0v) is 16.0. The number of ketones is 1. The van der Waals surface area contributed by atoms with E-state index in [0.717, 1.165) is 5.52 Å². The average molecular weight is 399 g/mol. The highest BCUT2D eigenvalue weighted by molar-refractivity contribution is 6.11. The number of nitrogens with zero attached hydrogens (tertiary/aromatic N) is 2. The minimum absolute atomic E-state index is 0.0773. The molecule has 0 aliphatic carbocycles. The topological polar surface area (TPSA) is 89.8 Å². The van der Waals surface area contributed by atoms with Crippen molar-refractivity contribution in [1.82, 2.24) is 9.38 Å². The molecule has 1 amide bonds. The van der Waals surface area contributed by atoms with Gasteiger partial charge in [0.05, 0.1) is 30.1 Å². The summed E-state index contributed by atoms with van der Waals surface area (Å²) in [5.74, 6) is -1.17. The van der Waals surface area contributed by atoms with Gasteiger partial charge in [-0.25, -0.2) is 9.78 Å². The predicted octanol–water partition coefficient (Wildman–Crippen LogP) is 3.60. The van der Waals surface area contributed by atoms with Crippen molar-refractivity contribution in [2.45, 2.75) is 0 Å². The first kappa shape index (κ1) is 19.1. The fraction of sp³-hybridized carbons (Fsp3) is 0.0435. The number of aromatic nitrogens is 2. The van der Waals surface area contributed by atoms with Crippen molar-refractivity contribution >= 4 is 28.9 Å². The molecule has 4 aromatic rings. The molecule has 0 saturated heterocycles. The van der Waals surface area contributed by atoms with Crippen LogP contribution < -0.4 is 5.32 Å². The molecule has 7 nitrogen and oxygen atoms in total. The van der Waals surface area contributed by atoms with Crippen molar-refractivity contribution in [2.75, 3.05) is 12.4 Å². The second-order valence-corrected chi connectivity index (χ2v) is 6.48.